The summed E-state index contributed by atoms with van der Waals surface area (Å²) in [6, 6.07) is 5.78. The number of nitrogens with two attached hydrogens (primary N) is 1. The minimum atomic E-state index is -3.47. The summed E-state index contributed by atoms with van der Waals surface area (Å²) in [6.45, 7) is 0.505. The summed E-state index contributed by atoms with van der Waals surface area (Å²) in [6.07, 6.45) is 1.09. The molecule has 0 radical (unpaired) electrons. The van der Waals surface area contributed by atoms with Gasteiger partial charge in [-0.15, -0.1) is 22.7 Å². The molecule has 0 aromatic carbocycles. The fraction of sp³-hybridized carbons (Fsp3) is 0.182. The smallest absolute Gasteiger partial charge is 0.180 e. The zero-order valence-corrected chi connectivity index (χ0v) is 12.5. The maximum Gasteiger partial charge on any atom is 0.180 e. The second-order valence-electron chi connectivity index (χ2n) is 3.82. The van der Waals surface area contributed by atoms with Crippen molar-refractivity contribution in [3.63, 3.8) is 0 Å². The lowest BCUT2D eigenvalue weighted by Crippen LogP contribution is -2.05. The van der Waals surface area contributed by atoms with Crippen molar-refractivity contribution in [2.45, 2.75) is 11.4 Å². The molecule has 5 nitrogen and oxygen atoms in total. The summed E-state index contributed by atoms with van der Waals surface area (Å²) in [5, 5.41) is 14.3. The quantitative estimate of drug-likeness (QED) is 0.902. The molecule has 100 valence electrons. The van der Waals surface area contributed by atoms with Crippen LogP contribution in [-0.4, -0.2) is 14.7 Å². The zero-order valence-electron chi connectivity index (χ0n) is 10.0. The lowest BCUT2D eigenvalue weighted by atomic mass is 10.4. The van der Waals surface area contributed by atoms with E-state index in [1.165, 1.54) is 0 Å². The van der Waals surface area contributed by atoms with Crippen molar-refractivity contribution in [1.82, 2.24) is 0 Å². The third-order valence-corrected chi connectivity index (χ3v) is 5.61. The molecule has 0 aliphatic rings. The van der Waals surface area contributed by atoms with E-state index in [1.807, 2.05) is 23.6 Å². The molecule has 0 bridgehead atoms. The van der Waals surface area contributed by atoms with Crippen LogP contribution in [0.1, 0.15) is 9.75 Å². The number of sulfone groups is 1. The largest absolute Gasteiger partial charge is 0.396 e. The standard InChI is InChI=1S/C11H11N3O2S3/c1-19(15,16)10-9(13)8(5-12)18-11(10)14-6-7-3-2-4-17-7/h2-4,14H,6,13H2,1H3. The van der Waals surface area contributed by atoms with Crippen molar-refractivity contribution in [1.29, 1.82) is 5.26 Å². The van der Waals surface area contributed by atoms with Gasteiger partial charge >= 0.3 is 0 Å². The van der Waals surface area contributed by atoms with Gasteiger partial charge in [0.25, 0.3) is 0 Å². The fourth-order valence-electron chi connectivity index (χ4n) is 1.58. The number of rotatable bonds is 4. The van der Waals surface area contributed by atoms with Crippen molar-refractivity contribution >= 4 is 43.2 Å². The Morgan fingerprint density at radius 3 is 2.79 bits per heavy atom. The van der Waals surface area contributed by atoms with Gasteiger partial charge in [0, 0.05) is 11.1 Å². The molecule has 2 aromatic heterocycles. The first-order chi connectivity index (χ1) is 8.93. The van der Waals surface area contributed by atoms with Gasteiger partial charge in [-0.3, -0.25) is 0 Å². The number of hydrogen-bond acceptors (Lipinski definition) is 7. The van der Waals surface area contributed by atoms with Crippen molar-refractivity contribution in [2.75, 3.05) is 17.3 Å². The molecule has 2 aromatic rings. The van der Waals surface area contributed by atoms with Gasteiger partial charge in [-0.1, -0.05) is 6.07 Å². The summed E-state index contributed by atoms with van der Waals surface area (Å²) in [7, 11) is -3.47. The van der Waals surface area contributed by atoms with Crippen LogP contribution in [0, 0.1) is 11.3 Å². The zero-order chi connectivity index (χ0) is 14.0. The first-order valence-electron chi connectivity index (χ1n) is 5.22. The minimum Gasteiger partial charge on any atom is -0.396 e. The number of nitrogen functional groups attached to an aromatic ring is 1. The first kappa shape index (κ1) is 13.9. The molecule has 0 saturated heterocycles. The number of nitrogens with one attached hydrogen (secondary N) is 1. The molecular weight excluding hydrogens is 302 g/mol. The average Bonchev–Trinajstić information content (AvgIpc) is 2.92. The Kier molecular flexibility index (Phi) is 3.80. The van der Waals surface area contributed by atoms with E-state index in [2.05, 4.69) is 5.32 Å². The van der Waals surface area contributed by atoms with Crippen LogP contribution in [0.15, 0.2) is 22.4 Å². The molecule has 0 spiro atoms. The van der Waals surface area contributed by atoms with Gasteiger partial charge in [0.2, 0.25) is 0 Å². The predicted octanol–water partition coefficient (Wildman–Crippen LogP) is 2.28. The van der Waals surface area contributed by atoms with Crippen LogP contribution >= 0.6 is 22.7 Å². The second-order valence-corrected chi connectivity index (χ2v) is 7.83. The van der Waals surface area contributed by atoms with Crippen LogP contribution < -0.4 is 11.1 Å². The van der Waals surface area contributed by atoms with Crippen LogP contribution in [0.4, 0.5) is 10.7 Å². The molecular formula is C11H11N3O2S3. The monoisotopic (exact) mass is 313 g/mol. The molecule has 0 aliphatic heterocycles. The van der Waals surface area contributed by atoms with Gasteiger partial charge in [-0.25, -0.2) is 8.42 Å². The molecule has 0 saturated carbocycles. The van der Waals surface area contributed by atoms with Gasteiger partial charge in [-0.2, -0.15) is 5.26 Å². The van der Waals surface area contributed by atoms with Crippen LogP contribution in [0.5, 0.6) is 0 Å². The minimum absolute atomic E-state index is 0.0191. The molecule has 0 aliphatic carbocycles. The Bertz CT molecular complexity index is 724. The number of anilines is 2. The number of nitriles is 1. The van der Waals surface area contributed by atoms with E-state index in [-0.39, 0.29) is 15.5 Å². The molecule has 8 heteroatoms. The predicted molar refractivity (Wildman–Crippen MR) is 78.2 cm³/mol. The van der Waals surface area contributed by atoms with Crippen molar-refractivity contribution in [3.05, 3.63) is 27.3 Å². The highest BCUT2D eigenvalue weighted by Crippen LogP contribution is 2.38. The molecule has 0 unspecified atom stereocenters. The highest BCUT2D eigenvalue weighted by Gasteiger charge is 2.23. The second kappa shape index (κ2) is 5.21. The molecule has 0 atom stereocenters. The van der Waals surface area contributed by atoms with E-state index < -0.39 is 9.84 Å². The third-order valence-electron chi connectivity index (χ3n) is 2.38. The Labute approximate surface area is 119 Å². The Morgan fingerprint density at radius 2 is 2.26 bits per heavy atom. The molecule has 2 rings (SSSR count). The fourth-order valence-corrected chi connectivity index (χ4v) is 4.58. The van der Waals surface area contributed by atoms with Crippen LogP contribution in [0.2, 0.25) is 0 Å². The summed E-state index contributed by atoms with van der Waals surface area (Å²) in [5.41, 5.74) is 5.75. The number of thiophene rings is 2. The van der Waals surface area contributed by atoms with Gasteiger partial charge < -0.3 is 11.1 Å². The van der Waals surface area contributed by atoms with E-state index in [0.29, 0.717) is 11.5 Å². The highest BCUT2D eigenvalue weighted by atomic mass is 32.2. The average molecular weight is 313 g/mol. The number of nitrogens with zero attached hydrogens (tertiary/aromatic N) is 1. The normalized spacial score (nSPS) is 11.2. The van der Waals surface area contributed by atoms with E-state index in [9.17, 15) is 8.42 Å². The van der Waals surface area contributed by atoms with Gasteiger partial charge in [-0.05, 0) is 11.4 Å². The molecule has 0 fully saturated rings. The van der Waals surface area contributed by atoms with E-state index in [0.717, 1.165) is 22.5 Å². The first-order valence-corrected chi connectivity index (χ1v) is 8.81. The Balaban J connectivity index is 2.37. The van der Waals surface area contributed by atoms with Crippen molar-refractivity contribution in [3.8, 4) is 6.07 Å². The third kappa shape index (κ3) is 2.89. The van der Waals surface area contributed by atoms with Gasteiger partial charge in [0.1, 0.15) is 20.8 Å². The lowest BCUT2D eigenvalue weighted by Gasteiger charge is -2.05. The SMILES string of the molecule is CS(=O)(=O)c1c(NCc2cccs2)sc(C#N)c1N. The maximum absolute atomic E-state index is 11.7. The van der Waals surface area contributed by atoms with Crippen molar-refractivity contribution in [2.24, 2.45) is 0 Å². The van der Waals surface area contributed by atoms with Crippen LogP contribution in [0.3, 0.4) is 0 Å². The van der Waals surface area contributed by atoms with E-state index in [1.54, 1.807) is 11.3 Å². The summed E-state index contributed by atoms with van der Waals surface area (Å²) in [4.78, 5) is 1.31. The van der Waals surface area contributed by atoms with Crippen LogP contribution in [0.25, 0.3) is 0 Å². The van der Waals surface area contributed by atoms with E-state index >= 15 is 0 Å². The number of hydrogen-bond donors (Lipinski definition) is 2. The Hall–Kier alpha value is -1.56. The lowest BCUT2D eigenvalue weighted by molar-refractivity contribution is 0.603. The topological polar surface area (TPSA) is 96.0 Å². The molecule has 19 heavy (non-hydrogen) atoms. The summed E-state index contributed by atoms with van der Waals surface area (Å²) >= 11 is 2.63. The van der Waals surface area contributed by atoms with Crippen LogP contribution in [-0.2, 0) is 16.4 Å². The molecule has 0 amide bonds. The summed E-state index contributed by atoms with van der Waals surface area (Å²) < 4.78 is 23.5. The van der Waals surface area contributed by atoms with E-state index in [4.69, 9.17) is 11.0 Å². The molecule has 2 heterocycles. The van der Waals surface area contributed by atoms with Crippen molar-refractivity contribution < 1.29 is 8.42 Å². The van der Waals surface area contributed by atoms with Gasteiger partial charge in [0.05, 0.1) is 12.2 Å². The Morgan fingerprint density at radius 1 is 1.53 bits per heavy atom. The molecule has 3 N–H and O–H groups in total. The van der Waals surface area contributed by atoms with Gasteiger partial charge in [0.15, 0.2) is 9.84 Å². The summed E-state index contributed by atoms with van der Waals surface area (Å²) in [5.74, 6) is 0. The highest BCUT2D eigenvalue weighted by molar-refractivity contribution is 7.91. The maximum atomic E-state index is 11.7.